The summed E-state index contributed by atoms with van der Waals surface area (Å²) >= 11 is 0. The van der Waals surface area contributed by atoms with E-state index in [4.69, 9.17) is 0 Å². The summed E-state index contributed by atoms with van der Waals surface area (Å²) in [5, 5.41) is 15.0. The van der Waals surface area contributed by atoms with Gasteiger partial charge in [-0.3, -0.25) is 0 Å². The van der Waals surface area contributed by atoms with Gasteiger partial charge >= 0.3 is 18.1 Å². The number of alkyl halides is 5. The van der Waals surface area contributed by atoms with Crippen LogP contribution in [0.3, 0.4) is 0 Å². The number of pyridine rings is 1. The van der Waals surface area contributed by atoms with Crippen LogP contribution in [0.25, 0.3) is 11.0 Å². The quantitative estimate of drug-likeness (QED) is 0.633. The molecule has 3 N–H and O–H groups in total. The molecule has 0 spiro atoms. The third kappa shape index (κ3) is 4.10. The van der Waals surface area contributed by atoms with Crippen molar-refractivity contribution in [3.63, 3.8) is 0 Å². The molecule has 1 aliphatic heterocycles. The predicted molar refractivity (Wildman–Crippen MR) is 98.0 cm³/mol. The number of nitrogens with one attached hydrogen (secondary N) is 3. The van der Waals surface area contributed by atoms with E-state index in [2.05, 4.69) is 15.3 Å². The number of aromatic nitrogens is 2. The van der Waals surface area contributed by atoms with E-state index in [9.17, 15) is 32.0 Å². The Hall–Kier alpha value is -3.10. The molecule has 0 saturated carbocycles. The minimum Gasteiger partial charge on any atom is -0.378 e. The lowest BCUT2D eigenvalue weighted by Gasteiger charge is -2.23. The molecule has 2 atom stereocenters. The normalized spacial score (nSPS) is 19.7. The fourth-order valence-electron chi connectivity index (χ4n) is 3.45. The van der Waals surface area contributed by atoms with Gasteiger partial charge in [-0.15, -0.1) is 0 Å². The number of anilines is 1. The number of rotatable bonds is 5. The van der Waals surface area contributed by atoms with Crippen LogP contribution in [0.5, 0.6) is 0 Å². The van der Waals surface area contributed by atoms with Crippen LogP contribution in [-0.2, 0) is 0 Å². The zero-order valence-corrected chi connectivity index (χ0v) is 15.9. The third-order valence-corrected chi connectivity index (χ3v) is 5.17. The van der Waals surface area contributed by atoms with Crippen LogP contribution in [0, 0.1) is 17.2 Å². The highest BCUT2D eigenvalue weighted by molar-refractivity contribution is 5.92. The average Bonchev–Trinajstić information content (AvgIpc) is 3.32. The molecule has 30 heavy (non-hydrogen) atoms. The maximum atomic E-state index is 13.1. The number of aromatic amines is 1. The number of halogens is 5. The first-order chi connectivity index (χ1) is 14.1. The molecule has 2 aromatic rings. The van der Waals surface area contributed by atoms with Gasteiger partial charge in [0.2, 0.25) is 0 Å². The van der Waals surface area contributed by atoms with Crippen molar-refractivity contribution in [2.75, 3.05) is 25.0 Å². The van der Waals surface area contributed by atoms with Crippen LogP contribution in [0.4, 0.5) is 32.4 Å². The van der Waals surface area contributed by atoms with Gasteiger partial charge in [0.15, 0.2) is 0 Å². The Balaban J connectivity index is 1.72. The zero-order valence-electron chi connectivity index (χ0n) is 15.9. The van der Waals surface area contributed by atoms with Crippen LogP contribution in [-0.4, -0.2) is 58.7 Å². The van der Waals surface area contributed by atoms with Gasteiger partial charge in [0.1, 0.15) is 11.7 Å². The number of hydrogen-bond donors (Lipinski definition) is 3. The lowest BCUT2D eigenvalue weighted by atomic mass is 10.00. The van der Waals surface area contributed by atoms with Crippen LogP contribution >= 0.6 is 0 Å². The molecule has 2 amide bonds. The number of H-pyrrole nitrogens is 1. The second-order valence-corrected chi connectivity index (χ2v) is 7.08. The highest BCUT2D eigenvalue weighted by atomic mass is 19.4. The molecule has 7 nitrogen and oxygen atoms in total. The van der Waals surface area contributed by atoms with E-state index < -0.39 is 24.7 Å². The SMILES string of the molecule is CCC1CN(C(=O)NCC(F)(F)C(F)(F)F)CC1Nc1c(C#N)cnc2[nH]ccc12. The maximum Gasteiger partial charge on any atom is 0.455 e. The lowest BCUT2D eigenvalue weighted by molar-refractivity contribution is -0.278. The Bertz CT molecular complexity index is 966. The van der Waals surface area contributed by atoms with Crippen molar-refractivity contribution in [3.05, 3.63) is 24.0 Å². The summed E-state index contributed by atoms with van der Waals surface area (Å²) in [6, 6.07) is 2.47. The van der Waals surface area contributed by atoms with Crippen molar-refractivity contribution in [2.45, 2.75) is 31.5 Å². The molecule has 2 unspecified atom stereocenters. The number of amides is 2. The average molecular weight is 430 g/mol. The number of carbonyl (C=O) groups is 1. The van der Waals surface area contributed by atoms with E-state index in [1.165, 1.54) is 11.1 Å². The Labute approximate surface area is 168 Å². The van der Waals surface area contributed by atoms with Gasteiger partial charge in [-0.05, 0) is 18.4 Å². The second-order valence-electron chi connectivity index (χ2n) is 7.08. The monoisotopic (exact) mass is 430 g/mol. The van der Waals surface area contributed by atoms with Gasteiger partial charge in [0.25, 0.3) is 0 Å². The van der Waals surface area contributed by atoms with Gasteiger partial charge in [-0.1, -0.05) is 6.92 Å². The summed E-state index contributed by atoms with van der Waals surface area (Å²) in [4.78, 5) is 20.5. The van der Waals surface area contributed by atoms with Crippen molar-refractivity contribution in [2.24, 2.45) is 5.92 Å². The van der Waals surface area contributed by atoms with E-state index >= 15 is 0 Å². The van der Waals surface area contributed by atoms with Gasteiger partial charge in [0, 0.05) is 36.9 Å². The summed E-state index contributed by atoms with van der Waals surface area (Å²) in [5.74, 6) is -5.10. The summed E-state index contributed by atoms with van der Waals surface area (Å²) in [7, 11) is 0. The zero-order chi connectivity index (χ0) is 22.1. The van der Waals surface area contributed by atoms with E-state index in [0.717, 1.165) is 0 Å². The van der Waals surface area contributed by atoms with E-state index in [1.54, 1.807) is 17.6 Å². The molecule has 1 aliphatic rings. The molecule has 0 radical (unpaired) electrons. The van der Waals surface area contributed by atoms with Crippen LogP contribution in [0.15, 0.2) is 18.5 Å². The molecular formula is C18H19F5N6O. The number of nitrogens with zero attached hydrogens (tertiary/aromatic N) is 3. The Kier molecular flexibility index (Phi) is 5.74. The maximum absolute atomic E-state index is 13.1. The summed E-state index contributed by atoms with van der Waals surface area (Å²) in [6.45, 7) is 0.317. The molecule has 0 aliphatic carbocycles. The molecule has 1 saturated heterocycles. The number of carbonyl (C=O) groups excluding carboxylic acids is 1. The molecular weight excluding hydrogens is 411 g/mol. The van der Waals surface area contributed by atoms with Gasteiger partial charge in [-0.2, -0.15) is 27.2 Å². The first-order valence-electron chi connectivity index (χ1n) is 9.17. The lowest BCUT2D eigenvalue weighted by Crippen LogP contribution is -2.50. The number of nitriles is 1. The fourth-order valence-corrected chi connectivity index (χ4v) is 3.45. The largest absolute Gasteiger partial charge is 0.455 e. The van der Waals surface area contributed by atoms with Crippen molar-refractivity contribution in [1.29, 1.82) is 5.26 Å². The van der Waals surface area contributed by atoms with Crippen molar-refractivity contribution >= 4 is 22.8 Å². The standard InChI is InChI=1S/C18H19F5N6O/c1-2-10-7-29(16(30)27-9-17(19,20)18(21,22)23)8-13(10)28-14-11(5-24)6-26-15-12(14)3-4-25-15/h3-4,6,10,13H,2,7-9H2,1H3,(H,27,30)(H2,25,26,28). The minimum absolute atomic E-state index is 0.0844. The molecule has 3 heterocycles. The molecule has 1 fully saturated rings. The van der Waals surface area contributed by atoms with E-state index in [1.807, 2.05) is 13.0 Å². The van der Waals surface area contributed by atoms with Crippen LogP contribution in [0.1, 0.15) is 18.9 Å². The van der Waals surface area contributed by atoms with Gasteiger partial charge in [-0.25, -0.2) is 9.78 Å². The van der Waals surface area contributed by atoms with Crippen molar-refractivity contribution in [1.82, 2.24) is 20.2 Å². The summed E-state index contributed by atoms with van der Waals surface area (Å²) in [6.07, 6.45) is -2.04. The van der Waals surface area contributed by atoms with Crippen LogP contribution < -0.4 is 10.6 Å². The first-order valence-corrected chi connectivity index (χ1v) is 9.17. The second kappa shape index (κ2) is 7.97. The van der Waals surface area contributed by atoms with Crippen LogP contribution in [0.2, 0.25) is 0 Å². The third-order valence-electron chi connectivity index (χ3n) is 5.17. The van der Waals surface area contributed by atoms with Gasteiger partial charge in [0.05, 0.1) is 17.8 Å². The Morgan fingerprint density at radius 3 is 2.73 bits per heavy atom. The predicted octanol–water partition coefficient (Wildman–Crippen LogP) is 3.46. The number of hydrogen-bond acceptors (Lipinski definition) is 4. The summed E-state index contributed by atoms with van der Waals surface area (Å²) in [5.41, 5.74) is 1.38. The Morgan fingerprint density at radius 1 is 1.37 bits per heavy atom. The molecule has 0 bridgehead atoms. The summed E-state index contributed by atoms with van der Waals surface area (Å²) < 4.78 is 63.0. The molecule has 2 aromatic heterocycles. The van der Waals surface area contributed by atoms with E-state index in [-0.39, 0.29) is 25.0 Å². The smallest absolute Gasteiger partial charge is 0.378 e. The van der Waals surface area contributed by atoms with Crippen molar-refractivity contribution < 1.29 is 26.7 Å². The number of fused-ring (bicyclic) bond motifs is 1. The molecule has 12 heteroatoms. The minimum atomic E-state index is -5.74. The fraction of sp³-hybridized carbons (Fsp3) is 0.500. The number of urea groups is 1. The van der Waals surface area contributed by atoms with E-state index in [0.29, 0.717) is 28.7 Å². The molecule has 3 rings (SSSR count). The highest BCUT2D eigenvalue weighted by Gasteiger charge is 2.57. The van der Waals surface area contributed by atoms with Gasteiger partial charge < -0.3 is 20.5 Å². The molecule has 0 aromatic carbocycles. The first kappa shape index (κ1) is 21.6. The molecule has 162 valence electrons. The highest BCUT2D eigenvalue weighted by Crippen LogP contribution is 2.35. The topological polar surface area (TPSA) is 96.8 Å². The van der Waals surface area contributed by atoms with Crippen molar-refractivity contribution in [3.8, 4) is 6.07 Å². The Morgan fingerprint density at radius 2 is 2.10 bits per heavy atom. The number of likely N-dealkylation sites (tertiary alicyclic amines) is 1.